The maximum Gasteiger partial charge on any atom is 0.256 e. The van der Waals surface area contributed by atoms with E-state index in [0.29, 0.717) is 48.0 Å². The van der Waals surface area contributed by atoms with Crippen LogP contribution in [0.4, 0.5) is 5.69 Å². The third kappa shape index (κ3) is 4.48. The first kappa shape index (κ1) is 20.1. The molecule has 1 fully saturated rings. The first-order chi connectivity index (χ1) is 12.1. The van der Waals surface area contributed by atoms with Crippen molar-refractivity contribution in [3.63, 3.8) is 0 Å². The van der Waals surface area contributed by atoms with Crippen LogP contribution in [0.15, 0.2) is 48.5 Å². The molecule has 2 amide bonds. The number of benzene rings is 2. The highest BCUT2D eigenvalue weighted by Crippen LogP contribution is 2.17. The van der Waals surface area contributed by atoms with Crippen LogP contribution in [0.5, 0.6) is 0 Å². The Balaban J connectivity index is 0.00000243. The number of amides is 2. The molecule has 2 N–H and O–H groups in total. The van der Waals surface area contributed by atoms with E-state index in [-0.39, 0.29) is 24.2 Å². The SMILES string of the molecule is Cl.Nc1ccccc1C(=O)N1CCCN(C(=O)c2ccc(Cl)cc2)CC1. The summed E-state index contributed by atoms with van der Waals surface area (Å²) < 4.78 is 0. The van der Waals surface area contributed by atoms with Gasteiger partial charge in [0, 0.05) is 42.5 Å². The van der Waals surface area contributed by atoms with Crippen molar-refractivity contribution in [3.8, 4) is 0 Å². The van der Waals surface area contributed by atoms with E-state index >= 15 is 0 Å². The van der Waals surface area contributed by atoms with E-state index in [4.69, 9.17) is 17.3 Å². The minimum atomic E-state index is -0.0844. The molecule has 1 heterocycles. The summed E-state index contributed by atoms with van der Waals surface area (Å²) in [6.45, 7) is 2.22. The highest BCUT2D eigenvalue weighted by molar-refractivity contribution is 6.30. The Morgan fingerprint density at radius 1 is 0.846 bits per heavy atom. The van der Waals surface area contributed by atoms with Gasteiger partial charge in [0.15, 0.2) is 0 Å². The topological polar surface area (TPSA) is 66.6 Å². The largest absolute Gasteiger partial charge is 0.398 e. The number of nitrogens with zero attached hydrogens (tertiary/aromatic N) is 2. The molecule has 2 aromatic carbocycles. The molecule has 0 aromatic heterocycles. The molecule has 0 unspecified atom stereocenters. The molecule has 0 atom stereocenters. The molecule has 2 aromatic rings. The van der Waals surface area contributed by atoms with Crippen molar-refractivity contribution in [2.24, 2.45) is 0 Å². The van der Waals surface area contributed by atoms with Crippen LogP contribution in [0, 0.1) is 0 Å². The van der Waals surface area contributed by atoms with E-state index in [1.54, 1.807) is 58.3 Å². The average Bonchev–Trinajstić information content (AvgIpc) is 2.88. The van der Waals surface area contributed by atoms with Crippen LogP contribution in [0.1, 0.15) is 27.1 Å². The van der Waals surface area contributed by atoms with Crippen molar-refractivity contribution >= 4 is 41.5 Å². The maximum absolute atomic E-state index is 12.7. The van der Waals surface area contributed by atoms with E-state index in [1.165, 1.54) is 0 Å². The number of nitrogens with two attached hydrogens (primary N) is 1. The molecule has 0 aliphatic carbocycles. The van der Waals surface area contributed by atoms with Crippen molar-refractivity contribution in [1.29, 1.82) is 0 Å². The summed E-state index contributed by atoms with van der Waals surface area (Å²) in [5, 5.41) is 0.602. The van der Waals surface area contributed by atoms with Gasteiger partial charge in [0.1, 0.15) is 0 Å². The summed E-state index contributed by atoms with van der Waals surface area (Å²) in [6.07, 6.45) is 0.734. The predicted octanol–water partition coefficient (Wildman–Crippen LogP) is 3.33. The molecule has 1 saturated heterocycles. The van der Waals surface area contributed by atoms with Crippen LogP contribution in [-0.4, -0.2) is 47.8 Å². The zero-order valence-corrected chi connectivity index (χ0v) is 15.8. The van der Waals surface area contributed by atoms with Gasteiger partial charge in [-0.25, -0.2) is 0 Å². The quantitative estimate of drug-likeness (QED) is 0.795. The van der Waals surface area contributed by atoms with E-state index in [0.717, 1.165) is 6.42 Å². The minimum Gasteiger partial charge on any atom is -0.398 e. The van der Waals surface area contributed by atoms with Gasteiger partial charge in [-0.3, -0.25) is 9.59 Å². The van der Waals surface area contributed by atoms with Crippen LogP contribution < -0.4 is 5.73 Å². The molecule has 26 heavy (non-hydrogen) atoms. The van der Waals surface area contributed by atoms with Gasteiger partial charge in [-0.2, -0.15) is 0 Å². The summed E-state index contributed by atoms with van der Waals surface area (Å²) in [6, 6.07) is 13.9. The van der Waals surface area contributed by atoms with Gasteiger partial charge in [0.25, 0.3) is 11.8 Å². The summed E-state index contributed by atoms with van der Waals surface area (Å²) >= 11 is 5.87. The Morgan fingerprint density at radius 2 is 1.42 bits per heavy atom. The number of hydrogen-bond donors (Lipinski definition) is 1. The first-order valence-electron chi connectivity index (χ1n) is 8.25. The molecule has 1 aliphatic rings. The average molecular weight is 394 g/mol. The molecule has 0 saturated carbocycles. The number of anilines is 1. The molecule has 5 nitrogen and oxygen atoms in total. The summed E-state index contributed by atoms with van der Waals surface area (Å²) in [7, 11) is 0. The normalized spacial score (nSPS) is 14.3. The van der Waals surface area contributed by atoms with E-state index in [9.17, 15) is 9.59 Å². The Kier molecular flexibility index (Phi) is 6.89. The molecular weight excluding hydrogens is 373 g/mol. The Morgan fingerprint density at radius 3 is 2.04 bits per heavy atom. The number of hydrogen-bond acceptors (Lipinski definition) is 3. The Hall–Kier alpha value is -2.24. The van der Waals surface area contributed by atoms with Gasteiger partial charge in [-0.05, 0) is 42.8 Å². The van der Waals surface area contributed by atoms with Gasteiger partial charge >= 0.3 is 0 Å². The highest BCUT2D eigenvalue weighted by Gasteiger charge is 2.24. The lowest BCUT2D eigenvalue weighted by Crippen LogP contribution is -2.37. The summed E-state index contributed by atoms with van der Waals surface area (Å²) in [5.74, 6) is -0.121. The molecule has 7 heteroatoms. The van der Waals surface area contributed by atoms with Crippen LogP contribution in [-0.2, 0) is 0 Å². The van der Waals surface area contributed by atoms with Crippen molar-refractivity contribution in [3.05, 3.63) is 64.7 Å². The predicted molar refractivity (Wildman–Crippen MR) is 106 cm³/mol. The third-order valence-electron chi connectivity index (χ3n) is 4.35. The van der Waals surface area contributed by atoms with Crippen molar-refractivity contribution < 1.29 is 9.59 Å². The van der Waals surface area contributed by atoms with Gasteiger partial charge in [-0.1, -0.05) is 23.7 Å². The number of rotatable bonds is 2. The van der Waals surface area contributed by atoms with Crippen LogP contribution >= 0.6 is 24.0 Å². The van der Waals surface area contributed by atoms with Crippen LogP contribution in [0.25, 0.3) is 0 Å². The molecule has 0 bridgehead atoms. The number of carbonyl (C=O) groups is 2. The number of para-hydroxylation sites is 1. The second kappa shape index (κ2) is 8.92. The molecule has 0 radical (unpaired) electrons. The lowest BCUT2D eigenvalue weighted by molar-refractivity contribution is 0.0719. The molecule has 0 spiro atoms. The second-order valence-electron chi connectivity index (χ2n) is 6.03. The van der Waals surface area contributed by atoms with Gasteiger partial charge in [0.2, 0.25) is 0 Å². The molecule has 3 rings (SSSR count). The van der Waals surface area contributed by atoms with E-state index in [1.807, 2.05) is 0 Å². The maximum atomic E-state index is 12.7. The van der Waals surface area contributed by atoms with E-state index in [2.05, 4.69) is 0 Å². The van der Waals surface area contributed by atoms with Gasteiger partial charge in [0.05, 0.1) is 5.56 Å². The summed E-state index contributed by atoms with van der Waals surface area (Å²) in [5.41, 5.74) is 7.51. The zero-order valence-electron chi connectivity index (χ0n) is 14.2. The standard InChI is InChI=1S/C19H20ClN3O2.ClH/c20-15-8-6-14(7-9-15)18(24)22-10-3-11-23(13-12-22)19(25)16-4-1-2-5-17(16)21;/h1-2,4-9H,3,10-13,21H2;1H. The van der Waals surface area contributed by atoms with Crippen LogP contribution in [0.2, 0.25) is 5.02 Å². The first-order valence-corrected chi connectivity index (χ1v) is 8.62. The molecule has 1 aliphatic heterocycles. The second-order valence-corrected chi connectivity index (χ2v) is 6.47. The highest BCUT2D eigenvalue weighted by atomic mass is 35.5. The van der Waals surface area contributed by atoms with Crippen molar-refractivity contribution in [2.75, 3.05) is 31.9 Å². The number of halogens is 2. The number of nitrogen functional groups attached to an aromatic ring is 1. The Labute approximate surface area is 164 Å². The van der Waals surface area contributed by atoms with Crippen molar-refractivity contribution in [1.82, 2.24) is 9.80 Å². The fraction of sp³-hybridized carbons (Fsp3) is 0.263. The molecular formula is C19H21Cl2N3O2. The fourth-order valence-corrected chi connectivity index (χ4v) is 3.09. The third-order valence-corrected chi connectivity index (χ3v) is 4.60. The van der Waals surface area contributed by atoms with Crippen molar-refractivity contribution in [2.45, 2.75) is 6.42 Å². The fourth-order valence-electron chi connectivity index (χ4n) is 2.96. The lowest BCUT2D eigenvalue weighted by Gasteiger charge is -2.22. The van der Waals surface area contributed by atoms with Crippen LogP contribution in [0.3, 0.4) is 0 Å². The lowest BCUT2D eigenvalue weighted by atomic mass is 10.1. The monoisotopic (exact) mass is 393 g/mol. The summed E-state index contributed by atoms with van der Waals surface area (Å²) in [4.78, 5) is 28.9. The minimum absolute atomic E-state index is 0. The zero-order chi connectivity index (χ0) is 17.8. The van der Waals surface area contributed by atoms with Gasteiger partial charge in [-0.15, -0.1) is 12.4 Å². The Bertz CT molecular complexity index is 781. The number of carbonyl (C=O) groups excluding carboxylic acids is 2. The molecule has 138 valence electrons. The van der Waals surface area contributed by atoms with Gasteiger partial charge < -0.3 is 15.5 Å². The smallest absolute Gasteiger partial charge is 0.256 e. The van der Waals surface area contributed by atoms with E-state index < -0.39 is 0 Å².